The molecule has 10 nitrogen and oxygen atoms in total. The molecule has 10 heteroatoms. The number of aliphatic hydroxyl groups excluding tert-OH is 1. The largest absolute Gasteiger partial charge is 0.491 e. The number of nitrogens with zero attached hydrogens (tertiary/aromatic N) is 3. The minimum atomic E-state index is -0.616. The van der Waals surface area contributed by atoms with Crippen LogP contribution in [-0.2, 0) is 9.53 Å². The van der Waals surface area contributed by atoms with Gasteiger partial charge in [-0.05, 0) is 45.9 Å². The Kier molecular flexibility index (Phi) is 7.62. The molecule has 4 rings (SSSR count). The molecule has 1 saturated carbocycles. The lowest BCUT2D eigenvalue weighted by Gasteiger charge is -2.34. The molecule has 186 valence electrons. The predicted molar refractivity (Wildman–Crippen MR) is 130 cm³/mol. The Hall–Kier alpha value is -3.50. The van der Waals surface area contributed by atoms with Crippen LogP contribution in [0.2, 0.25) is 0 Å². The number of carbonyl (C=O) groups excluding carboxylic acids is 1. The van der Waals surface area contributed by atoms with Gasteiger partial charge in [-0.2, -0.15) is 0 Å². The minimum absolute atomic E-state index is 0.0899. The van der Waals surface area contributed by atoms with Crippen LogP contribution < -0.4 is 15.4 Å². The lowest BCUT2D eigenvalue weighted by Crippen LogP contribution is -2.40. The number of hydrogen-bond donors (Lipinski definition) is 3. The summed E-state index contributed by atoms with van der Waals surface area (Å²) in [4.78, 5) is 21.3. The van der Waals surface area contributed by atoms with Gasteiger partial charge in [-0.25, -0.2) is 9.97 Å². The van der Waals surface area contributed by atoms with Crippen molar-refractivity contribution in [2.75, 3.05) is 32.6 Å². The zero-order valence-electron chi connectivity index (χ0n) is 20.4. The number of likely N-dealkylation sites (N-methyl/N-ethyl adjacent to an activating group) is 1. The third kappa shape index (κ3) is 5.77. The molecule has 0 amide bonds. The van der Waals surface area contributed by atoms with Crippen LogP contribution in [-0.4, -0.2) is 65.7 Å². The molecule has 0 saturated heterocycles. The van der Waals surface area contributed by atoms with E-state index in [-0.39, 0.29) is 24.5 Å². The van der Waals surface area contributed by atoms with Gasteiger partial charge in [-0.1, -0.05) is 17.3 Å². The molecule has 0 spiro atoms. The van der Waals surface area contributed by atoms with Crippen molar-refractivity contribution in [3.05, 3.63) is 41.8 Å². The van der Waals surface area contributed by atoms with Gasteiger partial charge in [0.05, 0.1) is 30.0 Å². The molecule has 0 aliphatic heterocycles. The number of rotatable bonds is 10. The Bertz CT molecular complexity index is 1160. The van der Waals surface area contributed by atoms with Gasteiger partial charge in [0.2, 0.25) is 0 Å². The van der Waals surface area contributed by atoms with Crippen LogP contribution in [0.15, 0.2) is 34.9 Å². The van der Waals surface area contributed by atoms with Crippen molar-refractivity contribution < 1.29 is 23.9 Å². The van der Waals surface area contributed by atoms with E-state index in [1.54, 1.807) is 7.05 Å². The number of ether oxygens (including phenoxy) is 2. The van der Waals surface area contributed by atoms with Crippen molar-refractivity contribution in [3.63, 3.8) is 0 Å². The Morgan fingerprint density at radius 1 is 1.26 bits per heavy atom. The smallest absolute Gasteiger partial charge is 0.308 e. The quantitative estimate of drug-likeness (QED) is 0.371. The van der Waals surface area contributed by atoms with Gasteiger partial charge in [0, 0.05) is 24.2 Å². The number of hydrogen-bond acceptors (Lipinski definition) is 10. The Morgan fingerprint density at radius 2 is 2.06 bits per heavy atom. The number of methoxy groups -OCH3 is 1. The van der Waals surface area contributed by atoms with E-state index in [1.165, 1.54) is 7.11 Å². The van der Waals surface area contributed by atoms with E-state index < -0.39 is 6.10 Å². The SMILES string of the molecule is CNCC(O)COc1cccc(-c2nc(NC3CC(C(=O)OC)C3)cc(-c3c(C)noc3C)n2)c1. The predicted octanol–water partition coefficient (Wildman–Crippen LogP) is 2.74. The number of aromatic nitrogens is 3. The summed E-state index contributed by atoms with van der Waals surface area (Å²) in [7, 11) is 3.19. The van der Waals surface area contributed by atoms with Crippen LogP contribution in [0.3, 0.4) is 0 Å². The van der Waals surface area contributed by atoms with Gasteiger partial charge in [-0.3, -0.25) is 4.79 Å². The van der Waals surface area contributed by atoms with Crippen LogP contribution in [0.1, 0.15) is 24.3 Å². The van der Waals surface area contributed by atoms with Gasteiger partial charge < -0.3 is 29.7 Å². The molecule has 2 aromatic heterocycles. The van der Waals surface area contributed by atoms with E-state index in [4.69, 9.17) is 24.0 Å². The Morgan fingerprint density at radius 3 is 2.74 bits per heavy atom. The first-order valence-corrected chi connectivity index (χ1v) is 11.6. The maximum absolute atomic E-state index is 11.8. The number of esters is 1. The molecule has 1 aliphatic rings. The lowest BCUT2D eigenvalue weighted by molar-refractivity contribution is -0.148. The van der Waals surface area contributed by atoms with E-state index in [2.05, 4.69) is 15.8 Å². The number of carbonyl (C=O) groups is 1. The number of benzene rings is 1. The molecule has 1 unspecified atom stereocenters. The van der Waals surface area contributed by atoms with Gasteiger partial charge >= 0.3 is 5.97 Å². The summed E-state index contributed by atoms with van der Waals surface area (Å²) in [6.07, 6.45) is 0.755. The van der Waals surface area contributed by atoms with Crippen molar-refractivity contribution >= 4 is 11.8 Å². The normalized spacial score (nSPS) is 18.0. The molecule has 3 N–H and O–H groups in total. The highest BCUT2D eigenvalue weighted by Gasteiger charge is 2.35. The van der Waals surface area contributed by atoms with E-state index in [9.17, 15) is 9.90 Å². The number of aryl methyl sites for hydroxylation is 2. The number of nitrogens with one attached hydrogen (secondary N) is 2. The third-order valence-electron chi connectivity index (χ3n) is 6.01. The van der Waals surface area contributed by atoms with Crippen molar-refractivity contribution in [1.29, 1.82) is 0 Å². The summed E-state index contributed by atoms with van der Waals surface area (Å²) in [6.45, 7) is 4.33. The summed E-state index contributed by atoms with van der Waals surface area (Å²) in [6, 6.07) is 9.43. The van der Waals surface area contributed by atoms with Crippen molar-refractivity contribution in [2.45, 2.75) is 38.8 Å². The lowest BCUT2D eigenvalue weighted by atomic mass is 9.80. The number of anilines is 1. The van der Waals surface area contributed by atoms with Crippen LogP contribution in [0.5, 0.6) is 5.75 Å². The maximum Gasteiger partial charge on any atom is 0.308 e. The molecule has 0 radical (unpaired) electrons. The van der Waals surface area contributed by atoms with E-state index >= 15 is 0 Å². The van der Waals surface area contributed by atoms with E-state index in [0.717, 1.165) is 16.8 Å². The summed E-state index contributed by atoms with van der Waals surface area (Å²) in [5, 5.41) is 20.4. The molecule has 3 aromatic rings. The Labute approximate surface area is 204 Å². The van der Waals surface area contributed by atoms with Gasteiger partial charge in [0.25, 0.3) is 0 Å². The summed E-state index contributed by atoms with van der Waals surface area (Å²) < 4.78 is 16.0. The second-order valence-corrected chi connectivity index (χ2v) is 8.74. The molecule has 0 bridgehead atoms. The zero-order valence-corrected chi connectivity index (χ0v) is 20.4. The fraction of sp³-hybridized carbons (Fsp3) is 0.440. The highest BCUT2D eigenvalue weighted by Crippen LogP contribution is 2.34. The Balaban J connectivity index is 1.61. The average Bonchev–Trinajstić information content (AvgIpc) is 3.17. The standard InChI is InChI=1S/C25H31N5O5/c1-14-23(15(2)35-30-14)21-11-22(27-18-8-17(9-18)25(32)33-4)29-24(28-21)16-6-5-7-20(10-16)34-13-19(31)12-26-3/h5-7,10-11,17-19,26,31H,8-9,12-13H2,1-4H3,(H,27,28,29). The third-order valence-corrected chi connectivity index (χ3v) is 6.01. The van der Waals surface area contributed by atoms with Gasteiger partial charge in [-0.15, -0.1) is 0 Å². The van der Waals surface area contributed by atoms with Gasteiger partial charge in [0.15, 0.2) is 5.82 Å². The summed E-state index contributed by atoms with van der Waals surface area (Å²) in [5.41, 5.74) is 3.01. The van der Waals surface area contributed by atoms with Crippen LogP contribution in [0, 0.1) is 19.8 Å². The fourth-order valence-electron chi connectivity index (χ4n) is 4.14. The topological polar surface area (TPSA) is 132 Å². The molecule has 1 atom stereocenters. The summed E-state index contributed by atoms with van der Waals surface area (Å²) in [5.74, 6) is 2.16. The van der Waals surface area contributed by atoms with Crippen LogP contribution in [0.4, 0.5) is 5.82 Å². The van der Waals surface area contributed by atoms with Gasteiger partial charge in [0.1, 0.15) is 30.0 Å². The van der Waals surface area contributed by atoms with E-state index in [1.807, 2.05) is 44.2 Å². The molecular weight excluding hydrogens is 450 g/mol. The molecule has 1 fully saturated rings. The highest BCUT2D eigenvalue weighted by atomic mass is 16.5. The molecule has 2 heterocycles. The molecule has 35 heavy (non-hydrogen) atoms. The fourth-order valence-corrected chi connectivity index (χ4v) is 4.14. The first kappa shape index (κ1) is 24.6. The zero-order chi connectivity index (χ0) is 24.9. The van der Waals surface area contributed by atoms with Crippen molar-refractivity contribution in [1.82, 2.24) is 20.4 Å². The number of aliphatic hydroxyl groups is 1. The van der Waals surface area contributed by atoms with E-state index in [0.29, 0.717) is 48.2 Å². The molecule has 1 aromatic carbocycles. The molecular formula is C25H31N5O5. The summed E-state index contributed by atoms with van der Waals surface area (Å²) >= 11 is 0. The second-order valence-electron chi connectivity index (χ2n) is 8.74. The molecule has 1 aliphatic carbocycles. The first-order valence-electron chi connectivity index (χ1n) is 11.6. The van der Waals surface area contributed by atoms with Crippen molar-refractivity contribution in [2.24, 2.45) is 5.92 Å². The average molecular weight is 482 g/mol. The highest BCUT2D eigenvalue weighted by molar-refractivity contribution is 5.74. The first-order chi connectivity index (χ1) is 16.9. The van der Waals surface area contributed by atoms with Crippen molar-refractivity contribution in [3.8, 4) is 28.4 Å². The minimum Gasteiger partial charge on any atom is -0.491 e. The van der Waals surface area contributed by atoms with Crippen LogP contribution in [0.25, 0.3) is 22.6 Å². The maximum atomic E-state index is 11.8. The monoisotopic (exact) mass is 481 g/mol. The van der Waals surface area contributed by atoms with Crippen LogP contribution >= 0.6 is 0 Å². The second kappa shape index (κ2) is 10.8.